The van der Waals surface area contributed by atoms with Crippen LogP contribution in [0.5, 0.6) is 0 Å². The van der Waals surface area contributed by atoms with Crippen molar-refractivity contribution in [1.29, 1.82) is 0 Å². The molecule has 1 aliphatic heterocycles. The largest absolute Gasteiger partial charge is 0.312 e. The van der Waals surface area contributed by atoms with Crippen LogP contribution in [0, 0.1) is 11.8 Å². The number of nitrogens with zero attached hydrogens (tertiary/aromatic N) is 1. The molecule has 1 N–H and O–H groups in total. The average molecular weight is 240 g/mol. The van der Waals surface area contributed by atoms with Crippen LogP contribution in [0.1, 0.15) is 53.9 Å². The van der Waals surface area contributed by atoms with Gasteiger partial charge in [-0.15, -0.1) is 0 Å². The first-order valence-corrected chi connectivity index (χ1v) is 7.52. The molecule has 0 saturated carbocycles. The highest BCUT2D eigenvalue weighted by molar-refractivity contribution is 4.83. The molecule has 0 aliphatic carbocycles. The number of hydrogen-bond acceptors (Lipinski definition) is 2. The minimum Gasteiger partial charge on any atom is -0.312 e. The minimum atomic E-state index is 0.692. The Balaban J connectivity index is 2.52. The van der Waals surface area contributed by atoms with Gasteiger partial charge in [0.25, 0.3) is 0 Å². The molecule has 2 nitrogen and oxygen atoms in total. The zero-order valence-corrected chi connectivity index (χ0v) is 12.5. The molecule has 0 radical (unpaired) electrons. The molecule has 102 valence electrons. The monoisotopic (exact) mass is 240 g/mol. The van der Waals surface area contributed by atoms with E-state index in [1.54, 1.807) is 0 Å². The summed E-state index contributed by atoms with van der Waals surface area (Å²) in [6.45, 7) is 15.4. The van der Waals surface area contributed by atoms with Crippen molar-refractivity contribution in [2.45, 2.75) is 66.0 Å². The maximum atomic E-state index is 3.74. The van der Waals surface area contributed by atoms with E-state index < -0.39 is 0 Å². The SMILES string of the molecule is CCC(C)C1CN(CCC(C)C)C(C)CCN1. The second-order valence-electron chi connectivity index (χ2n) is 6.26. The third-order valence-corrected chi connectivity index (χ3v) is 4.35. The molecule has 0 spiro atoms. The molecule has 17 heavy (non-hydrogen) atoms. The predicted octanol–water partition coefficient (Wildman–Crippen LogP) is 3.13. The third kappa shape index (κ3) is 4.97. The van der Waals surface area contributed by atoms with Crippen LogP contribution in [-0.4, -0.2) is 36.6 Å². The smallest absolute Gasteiger partial charge is 0.0220 e. The van der Waals surface area contributed by atoms with Gasteiger partial charge in [-0.2, -0.15) is 0 Å². The lowest BCUT2D eigenvalue weighted by Gasteiger charge is -2.31. The Bertz CT molecular complexity index is 203. The normalized spacial score (nSPS) is 29.3. The summed E-state index contributed by atoms with van der Waals surface area (Å²) in [5.74, 6) is 1.61. The van der Waals surface area contributed by atoms with Crippen LogP contribution in [0.25, 0.3) is 0 Å². The molecule has 0 aromatic rings. The number of rotatable bonds is 5. The molecule has 1 aliphatic rings. The van der Waals surface area contributed by atoms with Crippen LogP contribution >= 0.6 is 0 Å². The molecule has 3 unspecified atom stereocenters. The lowest BCUT2D eigenvalue weighted by atomic mass is 9.98. The van der Waals surface area contributed by atoms with Gasteiger partial charge in [-0.1, -0.05) is 34.1 Å². The fourth-order valence-electron chi connectivity index (χ4n) is 2.56. The van der Waals surface area contributed by atoms with Gasteiger partial charge in [0.2, 0.25) is 0 Å². The highest BCUT2D eigenvalue weighted by atomic mass is 15.2. The molecular weight excluding hydrogens is 208 g/mol. The quantitative estimate of drug-likeness (QED) is 0.794. The van der Waals surface area contributed by atoms with E-state index >= 15 is 0 Å². The Hall–Kier alpha value is -0.0800. The molecule has 0 aromatic heterocycles. The summed E-state index contributed by atoms with van der Waals surface area (Å²) in [4.78, 5) is 2.71. The second kappa shape index (κ2) is 7.38. The molecular formula is C15H32N2. The van der Waals surface area contributed by atoms with Crippen LogP contribution in [0.3, 0.4) is 0 Å². The average Bonchev–Trinajstić information content (AvgIpc) is 2.47. The summed E-state index contributed by atoms with van der Waals surface area (Å²) < 4.78 is 0. The number of nitrogens with one attached hydrogen (secondary N) is 1. The van der Waals surface area contributed by atoms with Crippen molar-refractivity contribution in [2.24, 2.45) is 11.8 Å². The van der Waals surface area contributed by atoms with Gasteiger partial charge in [0, 0.05) is 18.6 Å². The molecule has 0 aromatic carbocycles. The highest BCUT2D eigenvalue weighted by Gasteiger charge is 2.25. The molecule has 0 amide bonds. The summed E-state index contributed by atoms with van der Waals surface area (Å²) in [5.41, 5.74) is 0. The van der Waals surface area contributed by atoms with Crippen molar-refractivity contribution in [3.8, 4) is 0 Å². The van der Waals surface area contributed by atoms with E-state index in [9.17, 15) is 0 Å². The first kappa shape index (κ1) is 15.0. The zero-order chi connectivity index (χ0) is 12.8. The van der Waals surface area contributed by atoms with Gasteiger partial charge < -0.3 is 5.32 Å². The third-order valence-electron chi connectivity index (χ3n) is 4.35. The van der Waals surface area contributed by atoms with E-state index in [1.165, 1.54) is 38.9 Å². The van der Waals surface area contributed by atoms with E-state index in [0.717, 1.165) is 17.9 Å². The van der Waals surface area contributed by atoms with Crippen molar-refractivity contribution < 1.29 is 0 Å². The van der Waals surface area contributed by atoms with E-state index in [1.807, 2.05) is 0 Å². The maximum absolute atomic E-state index is 3.74. The summed E-state index contributed by atoms with van der Waals surface area (Å²) >= 11 is 0. The Kier molecular flexibility index (Phi) is 6.50. The summed E-state index contributed by atoms with van der Waals surface area (Å²) in [5, 5.41) is 3.74. The Morgan fingerprint density at radius 1 is 1.29 bits per heavy atom. The molecule has 0 bridgehead atoms. The maximum Gasteiger partial charge on any atom is 0.0220 e. The zero-order valence-electron chi connectivity index (χ0n) is 12.5. The topological polar surface area (TPSA) is 15.3 Å². The van der Waals surface area contributed by atoms with Gasteiger partial charge in [-0.25, -0.2) is 0 Å². The van der Waals surface area contributed by atoms with Gasteiger partial charge in [0.05, 0.1) is 0 Å². The standard InChI is InChI=1S/C15H32N2/c1-6-13(4)15-11-17(10-8-12(2)3)14(5)7-9-16-15/h12-16H,6-11H2,1-5H3. The fraction of sp³-hybridized carbons (Fsp3) is 1.00. The van der Waals surface area contributed by atoms with Crippen molar-refractivity contribution in [3.63, 3.8) is 0 Å². The fourth-order valence-corrected chi connectivity index (χ4v) is 2.56. The summed E-state index contributed by atoms with van der Waals surface area (Å²) in [7, 11) is 0. The van der Waals surface area contributed by atoms with E-state index in [-0.39, 0.29) is 0 Å². The van der Waals surface area contributed by atoms with Crippen molar-refractivity contribution in [2.75, 3.05) is 19.6 Å². The second-order valence-corrected chi connectivity index (χ2v) is 6.26. The van der Waals surface area contributed by atoms with Gasteiger partial charge >= 0.3 is 0 Å². The molecule has 2 heteroatoms. The molecule has 1 fully saturated rings. The molecule has 1 heterocycles. The van der Waals surface area contributed by atoms with E-state index in [0.29, 0.717) is 6.04 Å². The molecule has 1 saturated heterocycles. The summed E-state index contributed by atoms with van der Waals surface area (Å²) in [6, 6.07) is 1.44. The van der Waals surface area contributed by atoms with Gasteiger partial charge in [0.1, 0.15) is 0 Å². The minimum absolute atomic E-state index is 0.692. The highest BCUT2D eigenvalue weighted by Crippen LogP contribution is 2.17. The lowest BCUT2D eigenvalue weighted by Crippen LogP contribution is -2.44. The first-order valence-electron chi connectivity index (χ1n) is 7.52. The first-order chi connectivity index (χ1) is 8.04. The van der Waals surface area contributed by atoms with Crippen LogP contribution in [0.2, 0.25) is 0 Å². The van der Waals surface area contributed by atoms with Crippen molar-refractivity contribution in [1.82, 2.24) is 10.2 Å². The van der Waals surface area contributed by atoms with Crippen LogP contribution in [-0.2, 0) is 0 Å². The van der Waals surface area contributed by atoms with Crippen LogP contribution < -0.4 is 5.32 Å². The van der Waals surface area contributed by atoms with Crippen molar-refractivity contribution in [3.05, 3.63) is 0 Å². The summed E-state index contributed by atoms with van der Waals surface area (Å²) in [6.07, 6.45) is 3.91. The Morgan fingerprint density at radius 3 is 2.59 bits per heavy atom. The lowest BCUT2D eigenvalue weighted by molar-refractivity contribution is 0.179. The van der Waals surface area contributed by atoms with E-state index in [4.69, 9.17) is 0 Å². The van der Waals surface area contributed by atoms with Crippen molar-refractivity contribution >= 4 is 0 Å². The van der Waals surface area contributed by atoms with Gasteiger partial charge in [0.15, 0.2) is 0 Å². The number of hydrogen-bond donors (Lipinski definition) is 1. The molecule has 3 atom stereocenters. The Morgan fingerprint density at radius 2 is 2.00 bits per heavy atom. The van der Waals surface area contributed by atoms with Gasteiger partial charge in [-0.3, -0.25) is 4.90 Å². The van der Waals surface area contributed by atoms with Crippen LogP contribution in [0.15, 0.2) is 0 Å². The Labute approximate surface area is 108 Å². The predicted molar refractivity (Wildman–Crippen MR) is 76.4 cm³/mol. The van der Waals surface area contributed by atoms with E-state index in [2.05, 4.69) is 44.8 Å². The molecule has 1 rings (SSSR count). The van der Waals surface area contributed by atoms with Crippen LogP contribution in [0.4, 0.5) is 0 Å². The van der Waals surface area contributed by atoms with Gasteiger partial charge in [-0.05, 0) is 44.7 Å².